The Bertz CT molecular complexity index is 294. The van der Waals surface area contributed by atoms with Crippen LogP contribution in [-0.4, -0.2) is 22.1 Å². The Kier molecular flexibility index (Phi) is 4.48. The van der Waals surface area contributed by atoms with E-state index in [1.807, 2.05) is 11.8 Å². The maximum absolute atomic E-state index is 5.46. The molecule has 0 aliphatic heterocycles. The van der Waals surface area contributed by atoms with Crippen molar-refractivity contribution in [3.63, 3.8) is 0 Å². The lowest BCUT2D eigenvalue weighted by molar-refractivity contribution is 0.634. The van der Waals surface area contributed by atoms with Crippen LogP contribution in [0.15, 0.2) is 0 Å². The molecule has 0 aliphatic carbocycles. The summed E-state index contributed by atoms with van der Waals surface area (Å²) >= 11 is 1.88. The minimum atomic E-state index is 0.755. The zero-order valence-electron chi connectivity index (χ0n) is 9.21. The van der Waals surface area contributed by atoms with Gasteiger partial charge >= 0.3 is 0 Å². The maximum Gasteiger partial charge on any atom is 0.0636 e. The third-order valence-corrected chi connectivity index (χ3v) is 3.36. The van der Waals surface area contributed by atoms with Crippen LogP contribution in [0.25, 0.3) is 0 Å². The molecule has 0 radical (unpaired) electrons. The van der Waals surface area contributed by atoms with Gasteiger partial charge in [0.05, 0.1) is 5.69 Å². The highest BCUT2D eigenvalue weighted by molar-refractivity contribution is 7.98. The molecule has 0 amide bonds. The fraction of sp³-hybridized carbons (Fsp3) is 0.700. The lowest BCUT2D eigenvalue weighted by Gasteiger charge is -2.02. The number of hydrogen-bond donors (Lipinski definition) is 1. The lowest BCUT2D eigenvalue weighted by atomic mass is 10.2. The van der Waals surface area contributed by atoms with Gasteiger partial charge in [-0.2, -0.15) is 16.9 Å². The van der Waals surface area contributed by atoms with Gasteiger partial charge in [0.2, 0.25) is 0 Å². The van der Waals surface area contributed by atoms with Crippen LogP contribution in [0.1, 0.15) is 23.9 Å². The van der Waals surface area contributed by atoms with E-state index in [1.165, 1.54) is 11.3 Å². The molecule has 1 aromatic heterocycles. The van der Waals surface area contributed by atoms with E-state index >= 15 is 0 Å². The molecular weight excluding hydrogens is 194 g/mol. The summed E-state index contributed by atoms with van der Waals surface area (Å²) in [6.45, 7) is 8.05. The molecule has 0 fully saturated rings. The molecule has 1 rings (SSSR count). The summed E-state index contributed by atoms with van der Waals surface area (Å²) in [5, 5.41) is 4.48. The molecule has 0 aliphatic rings. The first-order valence-electron chi connectivity index (χ1n) is 5.01. The van der Waals surface area contributed by atoms with Gasteiger partial charge in [0, 0.05) is 35.9 Å². The van der Waals surface area contributed by atoms with Gasteiger partial charge in [0.25, 0.3) is 0 Å². The minimum absolute atomic E-state index is 0.755. The van der Waals surface area contributed by atoms with Crippen LogP contribution in [0.2, 0.25) is 0 Å². The van der Waals surface area contributed by atoms with Gasteiger partial charge in [0.15, 0.2) is 0 Å². The highest BCUT2D eigenvalue weighted by Crippen LogP contribution is 2.19. The molecule has 0 saturated carbocycles. The molecule has 3 nitrogen and oxygen atoms in total. The van der Waals surface area contributed by atoms with Crippen LogP contribution in [0.4, 0.5) is 0 Å². The van der Waals surface area contributed by atoms with Crippen LogP contribution in [-0.2, 0) is 12.3 Å². The van der Waals surface area contributed by atoms with Crippen molar-refractivity contribution in [1.29, 1.82) is 0 Å². The Morgan fingerprint density at radius 1 is 1.43 bits per heavy atom. The van der Waals surface area contributed by atoms with E-state index in [0.29, 0.717) is 0 Å². The molecule has 0 unspecified atom stereocenters. The number of thioether (sulfide) groups is 1. The molecule has 14 heavy (non-hydrogen) atoms. The number of aryl methyl sites for hydroxylation is 2. The van der Waals surface area contributed by atoms with Gasteiger partial charge in [-0.05, 0) is 20.8 Å². The summed E-state index contributed by atoms with van der Waals surface area (Å²) in [6.07, 6.45) is 0. The normalized spacial score (nSPS) is 10.9. The Morgan fingerprint density at radius 3 is 2.64 bits per heavy atom. The van der Waals surface area contributed by atoms with Gasteiger partial charge in [0.1, 0.15) is 0 Å². The van der Waals surface area contributed by atoms with E-state index in [2.05, 4.69) is 30.6 Å². The molecule has 0 atom stereocenters. The van der Waals surface area contributed by atoms with Crippen LogP contribution >= 0.6 is 11.8 Å². The van der Waals surface area contributed by atoms with E-state index < -0.39 is 0 Å². The van der Waals surface area contributed by atoms with Crippen molar-refractivity contribution in [2.45, 2.75) is 33.1 Å². The molecule has 0 bridgehead atoms. The van der Waals surface area contributed by atoms with Gasteiger partial charge in [-0.3, -0.25) is 4.68 Å². The number of aromatic nitrogens is 2. The largest absolute Gasteiger partial charge is 0.330 e. The number of nitrogens with two attached hydrogens (primary N) is 1. The van der Waals surface area contributed by atoms with Crippen molar-refractivity contribution in [1.82, 2.24) is 9.78 Å². The van der Waals surface area contributed by atoms with Crippen molar-refractivity contribution in [2.24, 2.45) is 5.73 Å². The molecule has 80 valence electrons. The summed E-state index contributed by atoms with van der Waals surface area (Å²) in [5.41, 5.74) is 9.30. The topological polar surface area (TPSA) is 43.8 Å². The predicted octanol–water partition coefficient (Wildman–Crippen LogP) is 1.71. The van der Waals surface area contributed by atoms with Crippen molar-refractivity contribution in [3.05, 3.63) is 17.0 Å². The Morgan fingerprint density at radius 2 is 2.14 bits per heavy atom. The molecule has 2 N–H and O–H groups in total. The zero-order chi connectivity index (χ0) is 10.6. The number of nitrogens with zero attached hydrogens (tertiary/aromatic N) is 2. The highest BCUT2D eigenvalue weighted by atomic mass is 32.2. The van der Waals surface area contributed by atoms with Crippen molar-refractivity contribution in [3.8, 4) is 0 Å². The van der Waals surface area contributed by atoms with Crippen molar-refractivity contribution >= 4 is 11.8 Å². The third kappa shape index (κ3) is 2.51. The molecular formula is C10H19N3S. The van der Waals surface area contributed by atoms with Crippen LogP contribution in [0, 0.1) is 13.8 Å². The number of hydrogen-bond acceptors (Lipinski definition) is 3. The molecule has 1 heterocycles. The summed E-state index contributed by atoms with van der Waals surface area (Å²) in [5.74, 6) is 2.06. The quantitative estimate of drug-likeness (QED) is 0.757. The second-order valence-electron chi connectivity index (χ2n) is 3.31. The molecule has 4 heteroatoms. The Hall–Kier alpha value is -0.480. The second-order valence-corrected chi connectivity index (χ2v) is 4.41. The molecule has 1 aromatic rings. The van der Waals surface area contributed by atoms with Crippen LogP contribution in [0.5, 0.6) is 0 Å². The Labute approximate surface area is 90.1 Å². The van der Waals surface area contributed by atoms with E-state index in [-0.39, 0.29) is 0 Å². The Balaban J connectivity index is 2.70. The van der Waals surface area contributed by atoms with Gasteiger partial charge < -0.3 is 5.73 Å². The van der Waals surface area contributed by atoms with E-state index in [1.54, 1.807) is 0 Å². The average molecular weight is 213 g/mol. The van der Waals surface area contributed by atoms with E-state index in [4.69, 9.17) is 5.73 Å². The van der Waals surface area contributed by atoms with Gasteiger partial charge in [-0.1, -0.05) is 0 Å². The standard InChI is InChI=1S/C10H19N3S/c1-4-13-9(3)10(8(2)12-13)7-14-6-5-11/h4-7,11H2,1-3H3. The highest BCUT2D eigenvalue weighted by Gasteiger charge is 2.09. The average Bonchev–Trinajstić information content (AvgIpc) is 2.45. The van der Waals surface area contributed by atoms with E-state index in [9.17, 15) is 0 Å². The first-order chi connectivity index (χ1) is 6.70. The fourth-order valence-electron chi connectivity index (χ4n) is 1.51. The molecule has 0 spiro atoms. The fourth-order valence-corrected chi connectivity index (χ4v) is 2.44. The predicted molar refractivity (Wildman–Crippen MR) is 62.6 cm³/mol. The summed E-state index contributed by atoms with van der Waals surface area (Å²) in [4.78, 5) is 0. The lowest BCUT2D eigenvalue weighted by Crippen LogP contribution is -2.02. The second kappa shape index (κ2) is 5.41. The molecule has 0 saturated heterocycles. The third-order valence-electron chi connectivity index (χ3n) is 2.34. The monoisotopic (exact) mass is 213 g/mol. The van der Waals surface area contributed by atoms with E-state index in [0.717, 1.165) is 30.3 Å². The molecule has 0 aromatic carbocycles. The smallest absolute Gasteiger partial charge is 0.0636 e. The first kappa shape index (κ1) is 11.6. The van der Waals surface area contributed by atoms with Gasteiger partial charge in [-0.15, -0.1) is 0 Å². The van der Waals surface area contributed by atoms with Gasteiger partial charge in [-0.25, -0.2) is 0 Å². The SMILES string of the molecule is CCn1nc(C)c(CSCCN)c1C. The number of rotatable bonds is 5. The summed E-state index contributed by atoms with van der Waals surface area (Å²) in [7, 11) is 0. The van der Waals surface area contributed by atoms with Crippen molar-refractivity contribution < 1.29 is 0 Å². The summed E-state index contributed by atoms with van der Waals surface area (Å²) in [6, 6.07) is 0. The first-order valence-corrected chi connectivity index (χ1v) is 6.16. The van der Waals surface area contributed by atoms with Crippen LogP contribution < -0.4 is 5.73 Å². The maximum atomic E-state index is 5.46. The van der Waals surface area contributed by atoms with Crippen LogP contribution in [0.3, 0.4) is 0 Å². The summed E-state index contributed by atoms with van der Waals surface area (Å²) < 4.78 is 2.06. The van der Waals surface area contributed by atoms with Crippen molar-refractivity contribution in [2.75, 3.05) is 12.3 Å². The zero-order valence-corrected chi connectivity index (χ0v) is 10.0. The minimum Gasteiger partial charge on any atom is -0.330 e.